The zero-order valence-corrected chi connectivity index (χ0v) is 10.8. The molecule has 104 valence electrons. The number of aromatic nitrogens is 2. The van der Waals surface area contributed by atoms with E-state index in [0.717, 1.165) is 25.0 Å². The highest BCUT2D eigenvalue weighted by Crippen LogP contribution is 2.16. The number of imidazole rings is 1. The van der Waals surface area contributed by atoms with Crippen molar-refractivity contribution in [3.05, 3.63) is 53.4 Å². The fourth-order valence-corrected chi connectivity index (χ4v) is 2.48. The van der Waals surface area contributed by atoms with Crippen molar-refractivity contribution < 1.29 is 14.3 Å². The smallest absolute Gasteiger partial charge is 0.335 e. The minimum Gasteiger partial charge on any atom is -0.478 e. The van der Waals surface area contributed by atoms with E-state index >= 15 is 0 Å². The third-order valence-electron chi connectivity index (χ3n) is 3.43. The molecule has 1 aliphatic rings. The van der Waals surface area contributed by atoms with Crippen molar-refractivity contribution in [2.75, 3.05) is 6.54 Å². The van der Waals surface area contributed by atoms with Gasteiger partial charge in [-0.15, -0.1) is 0 Å². The topological polar surface area (TPSA) is 58.4 Å². The number of nitrogens with zero attached hydrogens (tertiary/aromatic N) is 3. The maximum Gasteiger partial charge on any atom is 0.335 e. The van der Waals surface area contributed by atoms with Crippen LogP contribution in [0.2, 0.25) is 0 Å². The number of fused-ring (bicyclic) bond motifs is 1. The summed E-state index contributed by atoms with van der Waals surface area (Å²) in [5.74, 6) is -0.649. The molecule has 0 saturated carbocycles. The molecule has 1 N–H and O–H groups in total. The van der Waals surface area contributed by atoms with Crippen LogP contribution in [0.15, 0.2) is 30.6 Å². The predicted molar refractivity (Wildman–Crippen MR) is 69.7 cm³/mol. The van der Waals surface area contributed by atoms with E-state index < -0.39 is 11.8 Å². The summed E-state index contributed by atoms with van der Waals surface area (Å²) < 4.78 is 15.5. The molecule has 1 aromatic carbocycles. The van der Waals surface area contributed by atoms with Gasteiger partial charge in [-0.3, -0.25) is 4.90 Å². The number of carboxylic acid groups (broad SMARTS) is 1. The fraction of sp³-hybridized carbons (Fsp3) is 0.286. The minimum atomic E-state index is -1.11. The maximum absolute atomic E-state index is 13.4. The third kappa shape index (κ3) is 2.55. The largest absolute Gasteiger partial charge is 0.478 e. The normalized spacial score (nSPS) is 15.1. The molecular formula is C14H14FN3O2. The van der Waals surface area contributed by atoms with Gasteiger partial charge in [0.15, 0.2) is 0 Å². The highest BCUT2D eigenvalue weighted by Gasteiger charge is 2.17. The van der Waals surface area contributed by atoms with Crippen LogP contribution in [0.1, 0.15) is 21.7 Å². The van der Waals surface area contributed by atoms with E-state index in [9.17, 15) is 9.18 Å². The van der Waals surface area contributed by atoms with Crippen LogP contribution in [-0.2, 0) is 19.6 Å². The number of hydrogen-bond acceptors (Lipinski definition) is 3. The molecule has 2 heterocycles. The van der Waals surface area contributed by atoms with Crippen LogP contribution in [0.4, 0.5) is 4.39 Å². The molecule has 6 heteroatoms. The van der Waals surface area contributed by atoms with Crippen LogP contribution in [0, 0.1) is 5.82 Å². The predicted octanol–water partition coefficient (Wildman–Crippen LogP) is 1.74. The van der Waals surface area contributed by atoms with Crippen LogP contribution in [0.3, 0.4) is 0 Å². The molecule has 20 heavy (non-hydrogen) atoms. The molecule has 0 atom stereocenters. The van der Waals surface area contributed by atoms with Crippen molar-refractivity contribution in [3.63, 3.8) is 0 Å². The van der Waals surface area contributed by atoms with Crippen LogP contribution in [-0.4, -0.2) is 32.1 Å². The minimum absolute atomic E-state index is 0.0153. The van der Waals surface area contributed by atoms with E-state index in [-0.39, 0.29) is 5.56 Å². The number of hydrogen-bond donors (Lipinski definition) is 1. The first-order chi connectivity index (χ1) is 9.61. The summed E-state index contributed by atoms with van der Waals surface area (Å²) in [5.41, 5.74) is 0.654. The van der Waals surface area contributed by atoms with Gasteiger partial charge < -0.3 is 9.67 Å². The van der Waals surface area contributed by atoms with Gasteiger partial charge in [-0.05, 0) is 23.8 Å². The number of carbonyl (C=O) groups is 1. The summed E-state index contributed by atoms with van der Waals surface area (Å²) in [7, 11) is 0. The number of benzene rings is 1. The Kier molecular flexibility index (Phi) is 3.23. The highest BCUT2D eigenvalue weighted by atomic mass is 19.1. The molecule has 1 aliphatic heterocycles. The number of rotatable bonds is 3. The molecular weight excluding hydrogens is 261 g/mol. The van der Waals surface area contributed by atoms with Gasteiger partial charge in [0.1, 0.15) is 11.6 Å². The van der Waals surface area contributed by atoms with Gasteiger partial charge in [0.05, 0.1) is 12.1 Å². The lowest BCUT2D eigenvalue weighted by atomic mass is 10.1. The van der Waals surface area contributed by atoms with Crippen molar-refractivity contribution in [1.82, 2.24) is 14.5 Å². The highest BCUT2D eigenvalue weighted by molar-refractivity contribution is 5.87. The van der Waals surface area contributed by atoms with Crippen LogP contribution in [0.25, 0.3) is 0 Å². The number of halogens is 1. The van der Waals surface area contributed by atoms with Crippen molar-refractivity contribution in [2.24, 2.45) is 0 Å². The molecule has 0 unspecified atom stereocenters. The molecule has 2 aromatic rings. The van der Waals surface area contributed by atoms with Crippen molar-refractivity contribution >= 4 is 5.97 Å². The standard InChI is InChI=1S/C14H14FN3O2/c15-12-6-10(5-11(7-12)14(19)20)8-17-3-4-18-2-1-16-13(18)9-17/h1-2,5-7H,3-4,8-9H2,(H,19,20). The Bertz CT molecular complexity index is 654. The SMILES string of the molecule is O=C(O)c1cc(F)cc(CN2CCn3ccnc3C2)c1. The summed E-state index contributed by atoms with van der Waals surface area (Å²) in [6.45, 7) is 2.88. The lowest BCUT2D eigenvalue weighted by molar-refractivity contribution is 0.0696. The van der Waals surface area contributed by atoms with Gasteiger partial charge in [0.25, 0.3) is 0 Å². The lowest BCUT2D eigenvalue weighted by Crippen LogP contribution is -2.33. The average molecular weight is 275 g/mol. The molecule has 0 spiro atoms. The van der Waals surface area contributed by atoms with Crippen molar-refractivity contribution in [1.29, 1.82) is 0 Å². The zero-order chi connectivity index (χ0) is 14.1. The van der Waals surface area contributed by atoms with Crippen molar-refractivity contribution in [2.45, 2.75) is 19.6 Å². The molecule has 1 aromatic heterocycles. The van der Waals surface area contributed by atoms with E-state index in [1.165, 1.54) is 12.1 Å². The first kappa shape index (κ1) is 12.8. The van der Waals surface area contributed by atoms with E-state index in [1.807, 2.05) is 6.20 Å². The van der Waals surface area contributed by atoms with Gasteiger partial charge >= 0.3 is 5.97 Å². The van der Waals surface area contributed by atoms with Crippen LogP contribution in [0.5, 0.6) is 0 Å². The molecule has 0 saturated heterocycles. The average Bonchev–Trinajstić information content (AvgIpc) is 2.85. The first-order valence-electron chi connectivity index (χ1n) is 6.37. The molecule has 3 rings (SSSR count). The quantitative estimate of drug-likeness (QED) is 0.927. The van der Waals surface area contributed by atoms with Gasteiger partial charge in [-0.1, -0.05) is 0 Å². The summed E-state index contributed by atoms with van der Waals surface area (Å²) in [5, 5.41) is 8.95. The second-order valence-corrected chi connectivity index (χ2v) is 4.90. The van der Waals surface area contributed by atoms with E-state index in [4.69, 9.17) is 5.11 Å². The van der Waals surface area contributed by atoms with E-state index in [1.54, 1.807) is 6.20 Å². The monoisotopic (exact) mass is 275 g/mol. The van der Waals surface area contributed by atoms with Crippen LogP contribution < -0.4 is 0 Å². The lowest BCUT2D eigenvalue weighted by Gasteiger charge is -2.27. The molecule has 0 radical (unpaired) electrons. The summed E-state index contributed by atoms with van der Waals surface area (Å²) >= 11 is 0. The molecule has 0 bridgehead atoms. The molecule has 5 nitrogen and oxygen atoms in total. The fourth-order valence-electron chi connectivity index (χ4n) is 2.48. The van der Waals surface area contributed by atoms with Gasteiger partial charge in [0.2, 0.25) is 0 Å². The Labute approximate surface area is 115 Å². The van der Waals surface area contributed by atoms with Gasteiger partial charge in [-0.2, -0.15) is 0 Å². The third-order valence-corrected chi connectivity index (χ3v) is 3.43. The first-order valence-corrected chi connectivity index (χ1v) is 6.37. The molecule has 0 aliphatic carbocycles. The number of carboxylic acids is 1. The van der Waals surface area contributed by atoms with Gasteiger partial charge in [-0.25, -0.2) is 14.2 Å². The zero-order valence-electron chi connectivity index (χ0n) is 10.8. The second kappa shape index (κ2) is 5.05. The number of aromatic carboxylic acids is 1. The Hall–Kier alpha value is -2.21. The maximum atomic E-state index is 13.4. The Balaban J connectivity index is 1.77. The second-order valence-electron chi connectivity index (χ2n) is 4.90. The van der Waals surface area contributed by atoms with Gasteiger partial charge in [0, 0.05) is 32.0 Å². The van der Waals surface area contributed by atoms with E-state index in [2.05, 4.69) is 14.5 Å². The van der Waals surface area contributed by atoms with E-state index in [0.29, 0.717) is 18.7 Å². The van der Waals surface area contributed by atoms with Crippen molar-refractivity contribution in [3.8, 4) is 0 Å². The molecule has 0 amide bonds. The summed E-state index contributed by atoms with van der Waals surface area (Å²) in [4.78, 5) is 17.3. The Morgan fingerprint density at radius 2 is 2.20 bits per heavy atom. The Morgan fingerprint density at radius 1 is 1.35 bits per heavy atom. The summed E-state index contributed by atoms with van der Waals surface area (Å²) in [6, 6.07) is 3.94. The van der Waals surface area contributed by atoms with Crippen LogP contribution >= 0.6 is 0 Å². The molecule has 0 fully saturated rings. The Morgan fingerprint density at radius 3 is 3.00 bits per heavy atom. The summed E-state index contributed by atoms with van der Waals surface area (Å²) in [6.07, 6.45) is 3.71.